The van der Waals surface area contributed by atoms with Gasteiger partial charge in [0.15, 0.2) is 0 Å². The third-order valence-corrected chi connectivity index (χ3v) is 5.90. The lowest BCUT2D eigenvalue weighted by Gasteiger charge is -2.34. The van der Waals surface area contributed by atoms with Gasteiger partial charge < -0.3 is 10.2 Å². The van der Waals surface area contributed by atoms with Crippen LogP contribution in [0.15, 0.2) is 36.5 Å². The number of hydrogen-bond donors (Lipinski definition) is 1. The minimum Gasteiger partial charge on any atom is -0.325 e. The standard InChI is InChI=1S/C20H22N6O2S/c1-13-23-24-19(29-13)14-6-5-7-15(12-14)22-18(27)16-8-3-4-11-26(16)20(28)17-9-10-21-25(17)2/h5-7,9-10,12,16H,3-4,8,11H2,1-2H3,(H,22,27)/t16-/m0/s1. The third-order valence-electron chi connectivity index (χ3n) is 5.01. The van der Waals surface area contributed by atoms with Crippen molar-refractivity contribution >= 4 is 28.8 Å². The van der Waals surface area contributed by atoms with Gasteiger partial charge in [-0.05, 0) is 44.4 Å². The number of piperidine rings is 1. The molecule has 1 aliphatic rings. The number of hydrogen-bond acceptors (Lipinski definition) is 6. The van der Waals surface area contributed by atoms with Gasteiger partial charge in [-0.25, -0.2) is 0 Å². The molecule has 2 aromatic heterocycles. The molecule has 9 heteroatoms. The van der Waals surface area contributed by atoms with Crippen LogP contribution in [-0.2, 0) is 11.8 Å². The van der Waals surface area contributed by atoms with E-state index in [1.807, 2.05) is 31.2 Å². The molecule has 1 aromatic carbocycles. The van der Waals surface area contributed by atoms with Gasteiger partial charge in [-0.2, -0.15) is 5.10 Å². The Morgan fingerprint density at radius 2 is 2.07 bits per heavy atom. The zero-order valence-electron chi connectivity index (χ0n) is 16.3. The van der Waals surface area contributed by atoms with Gasteiger partial charge >= 0.3 is 0 Å². The van der Waals surface area contributed by atoms with Crippen molar-refractivity contribution in [2.45, 2.75) is 32.2 Å². The average molecular weight is 411 g/mol. The van der Waals surface area contributed by atoms with Crippen LogP contribution in [0, 0.1) is 6.92 Å². The van der Waals surface area contributed by atoms with Crippen LogP contribution in [0.3, 0.4) is 0 Å². The molecular weight excluding hydrogens is 388 g/mol. The zero-order chi connectivity index (χ0) is 20.4. The highest BCUT2D eigenvalue weighted by Gasteiger charge is 2.33. The first-order chi connectivity index (χ1) is 14.0. The largest absolute Gasteiger partial charge is 0.325 e. The molecule has 0 bridgehead atoms. The number of nitrogens with one attached hydrogen (secondary N) is 1. The SMILES string of the molecule is Cc1nnc(-c2cccc(NC(=O)[C@@H]3CCCCN3C(=O)c3ccnn3C)c2)s1. The maximum absolute atomic E-state index is 13.0. The summed E-state index contributed by atoms with van der Waals surface area (Å²) in [5, 5.41) is 17.0. The first-order valence-corrected chi connectivity index (χ1v) is 10.3. The van der Waals surface area contributed by atoms with E-state index in [-0.39, 0.29) is 11.8 Å². The molecule has 0 aliphatic carbocycles. The number of likely N-dealkylation sites (tertiary alicyclic amines) is 1. The summed E-state index contributed by atoms with van der Waals surface area (Å²) in [7, 11) is 1.73. The summed E-state index contributed by atoms with van der Waals surface area (Å²) in [5.74, 6) is -0.339. The van der Waals surface area contributed by atoms with Crippen molar-refractivity contribution in [3.63, 3.8) is 0 Å². The van der Waals surface area contributed by atoms with Gasteiger partial charge in [0.1, 0.15) is 21.8 Å². The van der Waals surface area contributed by atoms with E-state index in [1.54, 1.807) is 28.9 Å². The van der Waals surface area contributed by atoms with Crippen LogP contribution in [0.1, 0.15) is 34.8 Å². The number of aromatic nitrogens is 4. The molecule has 8 nitrogen and oxygen atoms in total. The molecule has 1 saturated heterocycles. The van der Waals surface area contributed by atoms with Gasteiger partial charge in [0, 0.05) is 31.0 Å². The molecule has 2 amide bonds. The number of rotatable bonds is 4. The van der Waals surface area contributed by atoms with E-state index in [0.717, 1.165) is 28.4 Å². The van der Waals surface area contributed by atoms with Crippen molar-refractivity contribution in [3.05, 3.63) is 47.2 Å². The van der Waals surface area contributed by atoms with Crippen LogP contribution in [0.5, 0.6) is 0 Å². The molecule has 1 fully saturated rings. The van der Waals surface area contributed by atoms with Crippen molar-refractivity contribution in [3.8, 4) is 10.6 Å². The summed E-state index contributed by atoms with van der Waals surface area (Å²) in [6.07, 6.45) is 4.04. The van der Waals surface area contributed by atoms with E-state index in [4.69, 9.17) is 0 Å². The number of carbonyl (C=O) groups is 2. The summed E-state index contributed by atoms with van der Waals surface area (Å²) in [6, 6.07) is 8.72. The maximum atomic E-state index is 13.0. The molecule has 0 spiro atoms. The Morgan fingerprint density at radius 1 is 1.21 bits per heavy atom. The Morgan fingerprint density at radius 3 is 2.79 bits per heavy atom. The summed E-state index contributed by atoms with van der Waals surface area (Å²) in [4.78, 5) is 27.7. The van der Waals surface area contributed by atoms with Gasteiger partial charge in [0.25, 0.3) is 5.91 Å². The van der Waals surface area contributed by atoms with Crippen LogP contribution < -0.4 is 5.32 Å². The average Bonchev–Trinajstić information content (AvgIpc) is 3.36. The van der Waals surface area contributed by atoms with Crippen molar-refractivity contribution in [1.82, 2.24) is 24.9 Å². The molecule has 0 radical (unpaired) electrons. The Hall–Kier alpha value is -3.07. The van der Waals surface area contributed by atoms with Crippen molar-refractivity contribution in [2.24, 2.45) is 7.05 Å². The fourth-order valence-electron chi connectivity index (χ4n) is 3.55. The minimum absolute atomic E-state index is 0.164. The maximum Gasteiger partial charge on any atom is 0.272 e. The molecule has 1 aliphatic heterocycles. The van der Waals surface area contributed by atoms with Gasteiger partial charge in [-0.15, -0.1) is 10.2 Å². The highest BCUT2D eigenvalue weighted by atomic mass is 32.1. The topological polar surface area (TPSA) is 93.0 Å². The highest BCUT2D eigenvalue weighted by Crippen LogP contribution is 2.26. The quantitative estimate of drug-likeness (QED) is 0.714. The van der Waals surface area contributed by atoms with Crippen molar-refractivity contribution < 1.29 is 9.59 Å². The minimum atomic E-state index is -0.501. The Labute approximate surface area is 172 Å². The number of aryl methyl sites for hydroxylation is 2. The number of benzene rings is 1. The van der Waals surface area contributed by atoms with Crippen LogP contribution in [-0.4, -0.2) is 49.3 Å². The van der Waals surface area contributed by atoms with E-state index in [9.17, 15) is 9.59 Å². The van der Waals surface area contributed by atoms with Crippen LogP contribution in [0.25, 0.3) is 10.6 Å². The van der Waals surface area contributed by atoms with Gasteiger partial charge in [-0.3, -0.25) is 14.3 Å². The van der Waals surface area contributed by atoms with E-state index in [2.05, 4.69) is 20.6 Å². The monoisotopic (exact) mass is 410 g/mol. The van der Waals surface area contributed by atoms with Crippen LogP contribution >= 0.6 is 11.3 Å². The molecule has 0 saturated carbocycles. The highest BCUT2D eigenvalue weighted by molar-refractivity contribution is 7.14. The lowest BCUT2D eigenvalue weighted by atomic mass is 10.0. The number of nitrogens with zero attached hydrogens (tertiary/aromatic N) is 5. The third kappa shape index (κ3) is 4.04. The Kier molecular flexibility index (Phi) is 5.39. The predicted molar refractivity (Wildman–Crippen MR) is 111 cm³/mol. The Balaban J connectivity index is 1.52. The number of carbonyl (C=O) groups excluding carboxylic acids is 2. The normalized spacial score (nSPS) is 16.6. The Bertz CT molecular complexity index is 1040. The number of anilines is 1. The lowest BCUT2D eigenvalue weighted by Crippen LogP contribution is -2.50. The van der Waals surface area contributed by atoms with E-state index in [1.165, 1.54) is 11.3 Å². The van der Waals surface area contributed by atoms with Crippen LogP contribution in [0.2, 0.25) is 0 Å². The van der Waals surface area contributed by atoms with E-state index < -0.39 is 6.04 Å². The van der Waals surface area contributed by atoms with Crippen LogP contribution in [0.4, 0.5) is 5.69 Å². The lowest BCUT2D eigenvalue weighted by molar-refractivity contribution is -0.121. The molecule has 1 atom stereocenters. The van der Waals surface area contributed by atoms with Crippen molar-refractivity contribution in [2.75, 3.05) is 11.9 Å². The smallest absolute Gasteiger partial charge is 0.272 e. The van der Waals surface area contributed by atoms with Gasteiger partial charge in [-0.1, -0.05) is 23.5 Å². The number of amides is 2. The second-order valence-electron chi connectivity index (χ2n) is 7.05. The zero-order valence-corrected chi connectivity index (χ0v) is 17.1. The molecule has 3 heterocycles. The first-order valence-electron chi connectivity index (χ1n) is 9.53. The fraction of sp³-hybridized carbons (Fsp3) is 0.350. The summed E-state index contributed by atoms with van der Waals surface area (Å²) in [6.45, 7) is 2.47. The second-order valence-corrected chi connectivity index (χ2v) is 8.23. The fourth-order valence-corrected chi connectivity index (χ4v) is 4.23. The van der Waals surface area contributed by atoms with Crippen molar-refractivity contribution in [1.29, 1.82) is 0 Å². The summed E-state index contributed by atoms with van der Waals surface area (Å²) in [5.41, 5.74) is 2.07. The predicted octanol–water partition coefficient (Wildman–Crippen LogP) is 2.88. The second kappa shape index (κ2) is 8.12. The molecule has 1 N–H and O–H groups in total. The molecule has 3 aromatic rings. The molecule has 150 valence electrons. The summed E-state index contributed by atoms with van der Waals surface area (Å²) < 4.78 is 1.54. The molecule has 29 heavy (non-hydrogen) atoms. The first kappa shape index (κ1) is 19.3. The molecular formula is C20H22N6O2S. The van der Waals surface area contributed by atoms with E-state index >= 15 is 0 Å². The van der Waals surface area contributed by atoms with E-state index in [0.29, 0.717) is 24.3 Å². The molecule has 4 rings (SSSR count). The summed E-state index contributed by atoms with van der Waals surface area (Å²) >= 11 is 1.50. The van der Waals surface area contributed by atoms with Gasteiger partial charge in [0.2, 0.25) is 5.91 Å². The molecule has 0 unspecified atom stereocenters. The van der Waals surface area contributed by atoms with Gasteiger partial charge in [0.05, 0.1) is 0 Å².